The molecule has 0 bridgehead atoms. The highest BCUT2D eigenvalue weighted by Gasteiger charge is 2.18. The number of hydrogen-bond acceptors (Lipinski definition) is 4. The van der Waals surface area contributed by atoms with Crippen molar-refractivity contribution in [1.29, 1.82) is 0 Å². The van der Waals surface area contributed by atoms with Crippen LogP contribution in [0, 0.1) is 0 Å². The molecule has 1 unspecified atom stereocenters. The zero-order valence-electron chi connectivity index (χ0n) is 16.1. The Labute approximate surface area is 161 Å². The highest BCUT2D eigenvalue weighted by atomic mass is 16.5. The van der Waals surface area contributed by atoms with Crippen LogP contribution in [0.3, 0.4) is 0 Å². The van der Waals surface area contributed by atoms with Crippen LogP contribution < -0.4 is 19.7 Å². The summed E-state index contributed by atoms with van der Waals surface area (Å²) in [6.07, 6.45) is 2.63. The zero-order chi connectivity index (χ0) is 19.1. The number of nitrogens with zero attached hydrogens (tertiary/aromatic N) is 1. The van der Waals surface area contributed by atoms with Crippen LogP contribution >= 0.6 is 0 Å². The Hall–Kier alpha value is -2.69. The van der Waals surface area contributed by atoms with Gasteiger partial charge in [-0.25, -0.2) is 0 Å². The maximum Gasteiger partial charge on any atom is 0.261 e. The van der Waals surface area contributed by atoms with E-state index in [4.69, 9.17) is 9.47 Å². The van der Waals surface area contributed by atoms with E-state index < -0.39 is 6.10 Å². The molecule has 5 nitrogen and oxygen atoms in total. The Kier molecular flexibility index (Phi) is 6.58. The minimum atomic E-state index is -0.512. The second-order valence-corrected chi connectivity index (χ2v) is 6.77. The van der Waals surface area contributed by atoms with E-state index in [9.17, 15) is 4.79 Å². The predicted octanol–water partition coefficient (Wildman–Crippen LogP) is 3.77. The summed E-state index contributed by atoms with van der Waals surface area (Å²) in [5.41, 5.74) is 2.35. The Balaban J connectivity index is 1.51. The highest BCUT2D eigenvalue weighted by Crippen LogP contribution is 2.21. The fourth-order valence-corrected chi connectivity index (χ4v) is 3.24. The van der Waals surface area contributed by atoms with Gasteiger partial charge in [-0.15, -0.1) is 0 Å². The van der Waals surface area contributed by atoms with Crippen molar-refractivity contribution in [2.75, 3.05) is 25.1 Å². The minimum Gasteiger partial charge on any atom is -0.497 e. The summed E-state index contributed by atoms with van der Waals surface area (Å²) in [6.45, 7) is 4.72. The molecule has 3 rings (SSSR count). The molecule has 1 N–H and O–H groups in total. The number of anilines is 1. The number of amides is 1. The Morgan fingerprint density at radius 3 is 2.26 bits per heavy atom. The van der Waals surface area contributed by atoms with Gasteiger partial charge >= 0.3 is 0 Å². The molecule has 1 saturated heterocycles. The molecule has 1 aliphatic rings. The van der Waals surface area contributed by atoms with Gasteiger partial charge in [0.05, 0.1) is 7.11 Å². The topological polar surface area (TPSA) is 50.8 Å². The molecular weight excluding hydrogens is 340 g/mol. The number of hydrogen-bond donors (Lipinski definition) is 1. The lowest BCUT2D eigenvalue weighted by atomic mass is 10.2. The van der Waals surface area contributed by atoms with Crippen molar-refractivity contribution in [1.82, 2.24) is 5.32 Å². The van der Waals surface area contributed by atoms with Crippen molar-refractivity contribution >= 4 is 11.6 Å². The molecule has 2 aromatic carbocycles. The molecule has 2 aromatic rings. The summed E-state index contributed by atoms with van der Waals surface area (Å²) in [7, 11) is 1.62. The molecule has 1 aliphatic heterocycles. The second kappa shape index (κ2) is 9.31. The van der Waals surface area contributed by atoms with Crippen molar-refractivity contribution in [3.63, 3.8) is 0 Å². The first-order valence-corrected chi connectivity index (χ1v) is 9.62. The van der Waals surface area contributed by atoms with E-state index in [1.807, 2.05) is 31.2 Å². The number of ether oxygens (including phenoxy) is 2. The molecule has 0 aromatic heterocycles. The lowest BCUT2D eigenvalue weighted by Gasteiger charge is -2.19. The molecule has 1 fully saturated rings. The molecule has 1 atom stereocenters. The fraction of sp³-hybridized carbons (Fsp3) is 0.409. The number of methoxy groups -OCH3 is 1. The van der Waals surface area contributed by atoms with Gasteiger partial charge in [0.2, 0.25) is 0 Å². The van der Waals surface area contributed by atoms with Crippen molar-refractivity contribution in [3.8, 4) is 11.5 Å². The maximum atomic E-state index is 12.5. The van der Waals surface area contributed by atoms with Gasteiger partial charge in [0, 0.05) is 25.3 Å². The zero-order valence-corrected chi connectivity index (χ0v) is 16.1. The van der Waals surface area contributed by atoms with Crippen LogP contribution in [0.4, 0.5) is 5.69 Å². The summed E-state index contributed by atoms with van der Waals surface area (Å²) in [4.78, 5) is 14.9. The van der Waals surface area contributed by atoms with E-state index in [1.54, 1.807) is 7.11 Å². The average molecular weight is 368 g/mol. The van der Waals surface area contributed by atoms with Crippen molar-refractivity contribution in [2.45, 2.75) is 38.8 Å². The van der Waals surface area contributed by atoms with Gasteiger partial charge in [-0.1, -0.05) is 19.1 Å². The standard InChI is InChI=1S/C22H28N2O3/c1-3-21(27-20-12-10-19(26-2)11-13-20)22(25)23-16-17-6-8-18(9-7-17)24-14-4-5-15-24/h6-13,21H,3-5,14-16H2,1-2H3,(H,23,25). The predicted molar refractivity (Wildman–Crippen MR) is 107 cm³/mol. The quantitative estimate of drug-likeness (QED) is 0.771. The third-order valence-electron chi connectivity index (χ3n) is 4.88. The van der Waals surface area contributed by atoms with Crippen LogP contribution in [0.5, 0.6) is 11.5 Å². The molecule has 5 heteroatoms. The van der Waals surface area contributed by atoms with Gasteiger partial charge in [-0.2, -0.15) is 0 Å². The van der Waals surface area contributed by atoms with Crippen molar-refractivity contribution < 1.29 is 14.3 Å². The molecular formula is C22H28N2O3. The highest BCUT2D eigenvalue weighted by molar-refractivity contribution is 5.81. The molecule has 27 heavy (non-hydrogen) atoms. The molecule has 0 spiro atoms. The largest absolute Gasteiger partial charge is 0.497 e. The van der Waals surface area contributed by atoms with Crippen LogP contribution in [0.2, 0.25) is 0 Å². The third-order valence-corrected chi connectivity index (χ3v) is 4.88. The summed E-state index contributed by atoms with van der Waals surface area (Å²) in [5, 5.41) is 2.98. The van der Waals surface area contributed by atoms with Gasteiger partial charge in [0.15, 0.2) is 6.10 Å². The first-order valence-electron chi connectivity index (χ1n) is 9.62. The molecule has 144 valence electrons. The van der Waals surface area contributed by atoms with E-state index in [-0.39, 0.29) is 5.91 Å². The number of rotatable bonds is 8. The summed E-state index contributed by atoms with van der Waals surface area (Å²) < 4.78 is 11.0. The van der Waals surface area contributed by atoms with Crippen LogP contribution in [0.25, 0.3) is 0 Å². The Bertz CT molecular complexity index is 722. The van der Waals surface area contributed by atoms with Gasteiger partial charge in [-0.05, 0) is 61.2 Å². The van der Waals surface area contributed by atoms with Gasteiger partial charge in [0.25, 0.3) is 5.91 Å². The summed E-state index contributed by atoms with van der Waals surface area (Å²) in [6, 6.07) is 15.7. The van der Waals surface area contributed by atoms with Crippen molar-refractivity contribution in [3.05, 3.63) is 54.1 Å². The van der Waals surface area contributed by atoms with Gasteiger partial charge in [-0.3, -0.25) is 4.79 Å². The molecule has 0 radical (unpaired) electrons. The van der Waals surface area contributed by atoms with E-state index in [2.05, 4.69) is 34.5 Å². The third kappa shape index (κ3) is 5.16. The summed E-state index contributed by atoms with van der Waals surface area (Å²) in [5.74, 6) is 1.32. The number of carbonyl (C=O) groups is 1. The van der Waals surface area contributed by atoms with Crippen LogP contribution in [-0.2, 0) is 11.3 Å². The molecule has 0 aliphatic carbocycles. The van der Waals surface area contributed by atoms with E-state index in [0.717, 1.165) is 24.4 Å². The molecule has 0 saturated carbocycles. The molecule has 1 amide bonds. The Morgan fingerprint density at radius 1 is 1.04 bits per heavy atom. The monoisotopic (exact) mass is 368 g/mol. The van der Waals surface area contributed by atoms with Crippen LogP contribution in [-0.4, -0.2) is 32.2 Å². The first kappa shape index (κ1) is 19.1. The second-order valence-electron chi connectivity index (χ2n) is 6.77. The smallest absolute Gasteiger partial charge is 0.261 e. The van der Waals surface area contributed by atoms with Crippen molar-refractivity contribution in [2.24, 2.45) is 0 Å². The summed E-state index contributed by atoms with van der Waals surface area (Å²) >= 11 is 0. The minimum absolute atomic E-state index is 0.100. The number of benzene rings is 2. The van der Waals surface area contributed by atoms with E-state index in [0.29, 0.717) is 18.7 Å². The normalized spacial score (nSPS) is 14.7. The lowest BCUT2D eigenvalue weighted by Crippen LogP contribution is -2.37. The first-order chi connectivity index (χ1) is 13.2. The van der Waals surface area contributed by atoms with Gasteiger partial charge in [0.1, 0.15) is 11.5 Å². The SMILES string of the molecule is CCC(Oc1ccc(OC)cc1)C(=O)NCc1ccc(N2CCCC2)cc1. The van der Waals surface area contributed by atoms with Crippen LogP contribution in [0.15, 0.2) is 48.5 Å². The van der Waals surface area contributed by atoms with E-state index >= 15 is 0 Å². The number of carbonyl (C=O) groups excluding carboxylic acids is 1. The Morgan fingerprint density at radius 2 is 1.67 bits per heavy atom. The maximum absolute atomic E-state index is 12.5. The van der Waals surface area contributed by atoms with E-state index in [1.165, 1.54) is 18.5 Å². The van der Waals surface area contributed by atoms with Crippen LogP contribution in [0.1, 0.15) is 31.7 Å². The fourth-order valence-electron chi connectivity index (χ4n) is 3.24. The number of nitrogens with one attached hydrogen (secondary N) is 1. The van der Waals surface area contributed by atoms with Gasteiger partial charge < -0.3 is 19.7 Å². The average Bonchev–Trinajstić information content (AvgIpc) is 3.26. The lowest BCUT2D eigenvalue weighted by molar-refractivity contribution is -0.128. The molecule has 1 heterocycles.